The SMILES string of the molecule is CCOP(=O)(CC(CO[N+](=O)[O-])O[N+](=O)[O-])OCC.N#CCC(CO[N+](=O)[O-])O[N+](=O)[O-].N#CSCC(CO[N+](=O)[O-])O[N+](=O)[O-].O=C1CC(O[N+](=O)[O-])CO1.O=[N+]([O-])OC1COS(=O)(=O)C1.O=[N+]([O-])OC1COS(=O)C1.O=[N+]([O-])OCC(CBr)O[N+](=O)[O-].O=[N+]([O-])OCC(CCl)O[N+](=O)[O-].O=[N+]([O-])OCC(CS(=O)(=S)O[O-])O[N+](=O)[O-].O=[N+]([O-])OCCS(=O)(=S)O[O-].[Na+].[Na+]. The quantitative estimate of drug-likeness (QED) is 0.00628. The Morgan fingerprint density at radius 3 is 1.21 bits per heavy atom. The van der Waals surface area contributed by atoms with E-state index in [4.69, 9.17) is 31.2 Å². The van der Waals surface area contributed by atoms with Gasteiger partial charge in [0.05, 0.1) is 74.6 Å². The number of thioether (sulfide) groups is 1. The van der Waals surface area contributed by atoms with E-state index in [0.717, 1.165) is 0 Å². The van der Waals surface area contributed by atoms with Crippen LogP contribution in [0.1, 0.15) is 26.7 Å². The topological polar surface area (TPSA) is 1120 Å². The van der Waals surface area contributed by atoms with Crippen molar-refractivity contribution in [2.24, 2.45) is 0 Å². The van der Waals surface area contributed by atoms with E-state index in [1.807, 2.05) is 0 Å². The Hall–Kier alpha value is -10.5. The van der Waals surface area contributed by atoms with Crippen LogP contribution in [0.3, 0.4) is 0 Å². The van der Waals surface area contributed by atoms with Gasteiger partial charge in [-0.1, -0.05) is 15.9 Å². The van der Waals surface area contributed by atoms with Gasteiger partial charge in [0.25, 0.3) is 91.5 Å². The molecule has 0 saturated carbocycles. The van der Waals surface area contributed by atoms with Crippen molar-refractivity contribution in [3.8, 4) is 11.5 Å². The Morgan fingerprint density at radius 1 is 0.523 bits per heavy atom. The number of carbonyl (C=O) groups excluding carboxylic acids is 1. The standard InChI is InChI=1S/C7H15N2O9P.C4H5N3O6S.C4H5N3O6.C4H5NO5.C3H5BrN2O6.C3H5ClN2O6.C3H6N2O9S2.C3H5NO6S.C3H5NO5S.C2H5NO6S2.2Na/c1-3-16-19(14,17-4-2)6-7(18-9(12)13)5-15-8(10)11;5-3-14-2-4(13-7(10)11)1-12-6(8)9;5-2-1-4(13-7(10)11)3-12-6(8)9;6-4-1-3(2-9-4)10-5(7)8;2*4-1-3(12-6(9)10)2-11-5(7)8;6-4(7)12-1-3(13-5(8)9)2-16(11,15)14-10;5-4(6)10-3-1-9-11(7,8)2-3;5-4(6)9-3-1-8-10(7)2-3;4-3(5)8-1-2-11(7,10)9-6;;/h7H,3-6H2,1-2H3;4H,1-2H2;4H,1,3H2;3H,1-2H2;2*3H,1-2H2;3,10H,1-2H2;3H,1-2H2;3H,1-2H2;6H,1-2H2;;/q;;;;;;;;;;2*+1/p-2. The fraction of sp³-hybridized carbons (Fsp3) is 0.917. The van der Waals surface area contributed by atoms with Crippen LogP contribution in [0.4, 0.5) is 0 Å². The molecule has 0 spiro atoms. The molecule has 0 N–H and O–H groups in total. The van der Waals surface area contributed by atoms with Gasteiger partial charge in [0.1, 0.15) is 130 Å². The number of nitrogens with zero attached hydrogens (tertiary/aromatic N) is 18. The van der Waals surface area contributed by atoms with Crippen molar-refractivity contribution in [1.82, 2.24) is 0 Å². The number of ether oxygens (including phenoxy) is 1. The number of cyclic esters (lactones) is 1. The zero-order valence-corrected chi connectivity index (χ0v) is 77.4. The zero-order chi connectivity index (χ0) is 101. The molecule has 3 saturated heterocycles. The Bertz CT molecular complexity index is 3920. The van der Waals surface area contributed by atoms with Crippen LogP contribution in [-0.2, 0) is 179 Å². The summed E-state index contributed by atoms with van der Waals surface area (Å²) in [5.74, 6) is -2.49. The van der Waals surface area contributed by atoms with Gasteiger partial charge in [0, 0.05) is 33.5 Å². The summed E-state index contributed by atoms with van der Waals surface area (Å²) in [5.41, 5.74) is 0. The summed E-state index contributed by atoms with van der Waals surface area (Å²) in [6.45, 7) is -1.43. The number of rotatable bonds is 55. The minimum atomic E-state index is -3.77. The van der Waals surface area contributed by atoms with Gasteiger partial charge < -0.3 is 110 Å². The molecule has 12 atom stereocenters. The van der Waals surface area contributed by atoms with Crippen LogP contribution in [0.5, 0.6) is 0 Å². The smallest absolute Gasteiger partial charge is 0.709 e. The minimum absolute atomic E-state index is 0. The van der Waals surface area contributed by atoms with Gasteiger partial charge in [-0.15, -0.1) is 173 Å². The number of alkyl halides is 2. The number of carbonyl (C=O) groups is 1. The summed E-state index contributed by atoms with van der Waals surface area (Å²) >= 11 is 15.5. The van der Waals surface area contributed by atoms with Crippen LogP contribution in [-0.4, -0.2) is 289 Å². The number of hydrogen-bond acceptors (Lipinski definition) is 69. The molecule has 0 aromatic heterocycles. The summed E-state index contributed by atoms with van der Waals surface area (Å²) in [6.07, 6.45) is -10.7. The molecule has 0 aromatic carbocycles. The second-order valence-corrected chi connectivity index (χ2v) is 32.2. The van der Waals surface area contributed by atoms with Crippen LogP contribution >= 0.6 is 46.9 Å². The first kappa shape index (κ1) is 137. The van der Waals surface area contributed by atoms with Crippen LogP contribution < -0.4 is 69.6 Å². The van der Waals surface area contributed by atoms with E-state index in [0.29, 0.717) is 11.8 Å². The van der Waals surface area contributed by atoms with Crippen molar-refractivity contribution < 1.29 is 290 Å². The third-order valence-electron chi connectivity index (χ3n) is 9.87. The number of thiocyanates is 1. The first-order valence-electron chi connectivity index (χ1n) is 30.4. The van der Waals surface area contributed by atoms with Gasteiger partial charge in [-0.05, 0) is 25.6 Å². The first-order valence-corrected chi connectivity index (χ1v) is 42.7. The second-order valence-electron chi connectivity index (χ2n) is 19.2. The van der Waals surface area contributed by atoms with Gasteiger partial charge in [-0.3, -0.25) is 17.7 Å². The molecular formula is C36H59BrClN18Na2O64PS7. The maximum atomic E-state index is 12.1. The van der Waals surface area contributed by atoms with E-state index in [1.165, 1.54) is 0 Å². The molecule has 3 heterocycles. The molecule has 0 amide bonds. The number of hydrogen-bond donors (Lipinski definition) is 0. The molecule has 740 valence electrons. The van der Waals surface area contributed by atoms with E-state index >= 15 is 0 Å². The molecule has 0 bridgehead atoms. The second kappa shape index (κ2) is 80.6. The summed E-state index contributed by atoms with van der Waals surface area (Å²) in [7, 11) is -14.3. The molecule has 3 aliphatic heterocycles. The summed E-state index contributed by atoms with van der Waals surface area (Å²) in [4.78, 5) is 229. The van der Waals surface area contributed by atoms with E-state index in [2.05, 4.69) is 137 Å². The van der Waals surface area contributed by atoms with Crippen molar-refractivity contribution in [1.29, 1.82) is 10.5 Å². The third kappa shape index (κ3) is 99.7. The van der Waals surface area contributed by atoms with Crippen LogP contribution in [0, 0.1) is 184 Å². The number of halogens is 2. The molecular weight excluding hydrogens is 2130 g/mol. The molecule has 0 radical (unpaired) electrons. The molecule has 0 aliphatic carbocycles. The molecule has 3 rings (SSSR count). The molecule has 3 aliphatic rings. The average molecular weight is 2180 g/mol. The Balaban J connectivity index is -0.000000179. The van der Waals surface area contributed by atoms with Crippen molar-refractivity contribution in [3.05, 3.63) is 162 Å². The molecule has 0 aromatic rings. The molecule has 130 heavy (non-hydrogen) atoms. The van der Waals surface area contributed by atoms with Crippen LogP contribution in [0.2, 0.25) is 0 Å². The number of esters is 1. The summed E-state index contributed by atoms with van der Waals surface area (Å²) in [5, 5.41) is 176. The average Bonchev–Trinajstić information content (AvgIpc) is 1.41. The van der Waals surface area contributed by atoms with Crippen LogP contribution in [0.15, 0.2) is 0 Å². The Morgan fingerprint density at radius 2 is 0.877 bits per heavy atom. The van der Waals surface area contributed by atoms with Gasteiger partial charge in [0.15, 0.2) is 17.2 Å². The van der Waals surface area contributed by atoms with Gasteiger partial charge in [-0.2, -0.15) is 18.9 Å². The molecule has 94 heteroatoms. The largest absolute Gasteiger partial charge is 1.00 e. The molecule has 3 fully saturated rings. The van der Waals surface area contributed by atoms with E-state index in [9.17, 15) is 203 Å². The van der Waals surface area contributed by atoms with E-state index < -0.39 is 258 Å². The fourth-order valence-electron chi connectivity index (χ4n) is 5.73. The van der Waals surface area contributed by atoms with Gasteiger partial charge in [-0.25, -0.2) is 12.6 Å². The normalized spacial score (nSPS) is 16.3. The van der Waals surface area contributed by atoms with E-state index in [-0.39, 0.29) is 128 Å². The predicted octanol–water partition coefficient (Wildman–Crippen LogP) is -11.5. The fourth-order valence-corrected chi connectivity index (χ4v) is 11.9. The van der Waals surface area contributed by atoms with Gasteiger partial charge >= 0.3 is 72.7 Å². The minimum Gasteiger partial charge on any atom is -0.709 e. The Kier molecular flexibility index (Phi) is 85.2. The van der Waals surface area contributed by atoms with Crippen molar-refractivity contribution in [2.75, 3.05) is 125 Å². The van der Waals surface area contributed by atoms with Crippen molar-refractivity contribution >= 4 is 114 Å². The van der Waals surface area contributed by atoms with Crippen molar-refractivity contribution in [3.63, 3.8) is 0 Å². The number of nitriles is 2. The summed E-state index contributed by atoms with van der Waals surface area (Å²) < 4.78 is 94.1. The third-order valence-corrected chi connectivity index (χ3v) is 19.2. The predicted molar refractivity (Wildman–Crippen MR) is 383 cm³/mol. The molecule has 82 nitrogen and oxygen atoms in total. The monoisotopic (exact) mass is 2180 g/mol. The molecule has 12 unspecified atom stereocenters. The first-order chi connectivity index (χ1) is 59.2. The van der Waals surface area contributed by atoms with Gasteiger partial charge in [0.2, 0.25) is 0 Å². The zero-order valence-electron chi connectivity index (χ0n) is 64.5. The van der Waals surface area contributed by atoms with Crippen LogP contribution in [0.25, 0.3) is 0 Å². The maximum Gasteiger partial charge on any atom is 1.00 e. The Labute approximate surface area is 789 Å². The maximum absolute atomic E-state index is 12.1. The summed E-state index contributed by atoms with van der Waals surface area (Å²) in [6, 6.07) is 1.56. The van der Waals surface area contributed by atoms with E-state index in [1.54, 1.807) is 25.3 Å². The van der Waals surface area contributed by atoms with Crippen molar-refractivity contribution in [2.45, 2.75) is 81.6 Å².